The van der Waals surface area contributed by atoms with Crippen LogP contribution in [0.25, 0.3) is 0 Å². The lowest BCUT2D eigenvalue weighted by Gasteiger charge is -2.33. The first-order chi connectivity index (χ1) is 10.7. The Labute approximate surface area is 137 Å². The van der Waals surface area contributed by atoms with Gasteiger partial charge >= 0.3 is 11.9 Å². The van der Waals surface area contributed by atoms with Crippen LogP contribution in [0, 0.1) is 23.2 Å². The summed E-state index contributed by atoms with van der Waals surface area (Å²) in [6.07, 6.45) is 3.50. The monoisotopic (exact) mass is 320 g/mol. The summed E-state index contributed by atoms with van der Waals surface area (Å²) in [4.78, 5) is 36.9. The van der Waals surface area contributed by atoms with Gasteiger partial charge < -0.3 is 9.47 Å². The molecule has 0 saturated carbocycles. The Morgan fingerprint density at radius 1 is 1.30 bits per heavy atom. The molecule has 23 heavy (non-hydrogen) atoms. The molecule has 1 aliphatic rings. The first-order valence-electron chi connectivity index (χ1n) is 7.66. The van der Waals surface area contributed by atoms with Gasteiger partial charge in [-0.1, -0.05) is 13.0 Å². The van der Waals surface area contributed by atoms with E-state index in [1.807, 2.05) is 6.92 Å². The highest BCUT2D eigenvalue weighted by Crippen LogP contribution is 2.43. The molecule has 0 amide bonds. The van der Waals surface area contributed by atoms with Gasteiger partial charge in [-0.3, -0.25) is 14.4 Å². The number of ketones is 1. The number of carbonyl (C=O) groups is 3. The molecule has 0 spiro atoms. The zero-order chi connectivity index (χ0) is 17.7. The Bertz CT molecular complexity index is 570. The largest absolute Gasteiger partial charge is 0.469 e. The Morgan fingerprint density at radius 3 is 2.48 bits per heavy atom. The topological polar surface area (TPSA) is 69.7 Å². The van der Waals surface area contributed by atoms with Gasteiger partial charge in [0.1, 0.15) is 11.0 Å². The van der Waals surface area contributed by atoms with Crippen LogP contribution in [0.2, 0.25) is 0 Å². The van der Waals surface area contributed by atoms with Crippen molar-refractivity contribution >= 4 is 17.7 Å². The summed E-state index contributed by atoms with van der Waals surface area (Å²) in [7, 11) is 1.27. The average Bonchev–Trinajstić information content (AvgIpc) is 2.75. The van der Waals surface area contributed by atoms with Gasteiger partial charge in [-0.2, -0.15) is 0 Å². The van der Waals surface area contributed by atoms with Gasteiger partial charge in [-0.25, -0.2) is 0 Å². The lowest BCUT2D eigenvalue weighted by Crippen LogP contribution is -2.45. The maximum atomic E-state index is 12.8. The molecule has 2 atom stereocenters. The lowest BCUT2D eigenvalue weighted by molar-refractivity contribution is -0.171. The van der Waals surface area contributed by atoms with Crippen LogP contribution in [0.3, 0.4) is 0 Å². The number of rotatable bonds is 4. The molecule has 0 aromatic carbocycles. The van der Waals surface area contributed by atoms with Crippen molar-refractivity contribution in [2.45, 2.75) is 52.6 Å². The molecule has 1 rings (SSSR count). The molecule has 0 aromatic heterocycles. The quantitative estimate of drug-likeness (QED) is 0.452. The molecule has 0 saturated heterocycles. The van der Waals surface area contributed by atoms with E-state index >= 15 is 0 Å². The second-order valence-electron chi connectivity index (χ2n) is 6.47. The third-order valence-electron chi connectivity index (χ3n) is 3.60. The van der Waals surface area contributed by atoms with Crippen molar-refractivity contribution in [3.8, 4) is 11.8 Å². The van der Waals surface area contributed by atoms with Gasteiger partial charge in [-0.05, 0) is 26.8 Å². The molecule has 126 valence electrons. The van der Waals surface area contributed by atoms with Crippen LogP contribution in [-0.2, 0) is 23.9 Å². The van der Waals surface area contributed by atoms with Crippen molar-refractivity contribution < 1.29 is 23.9 Å². The SMILES string of the molecule is CCC#CCC1(C(=O)OC(C)(C)C)C(=O)C=CC1CC(=O)OC. The molecule has 0 aliphatic heterocycles. The number of hydrogen-bond donors (Lipinski definition) is 0. The molecule has 5 nitrogen and oxygen atoms in total. The Morgan fingerprint density at radius 2 is 1.96 bits per heavy atom. The number of esters is 2. The predicted octanol–water partition coefficient (Wildman–Crippen LogP) is 2.44. The van der Waals surface area contributed by atoms with Crippen molar-refractivity contribution in [3.05, 3.63) is 12.2 Å². The maximum absolute atomic E-state index is 12.8. The Hall–Kier alpha value is -2.09. The second-order valence-corrected chi connectivity index (χ2v) is 6.47. The predicted molar refractivity (Wildman–Crippen MR) is 85.2 cm³/mol. The summed E-state index contributed by atoms with van der Waals surface area (Å²) >= 11 is 0. The van der Waals surface area contributed by atoms with Crippen molar-refractivity contribution in [2.75, 3.05) is 7.11 Å². The number of allylic oxidation sites excluding steroid dienone is 2. The normalized spacial score (nSPS) is 23.2. The highest BCUT2D eigenvalue weighted by Gasteiger charge is 2.55. The van der Waals surface area contributed by atoms with E-state index in [9.17, 15) is 14.4 Å². The zero-order valence-electron chi connectivity index (χ0n) is 14.4. The molecule has 0 heterocycles. The zero-order valence-corrected chi connectivity index (χ0v) is 14.4. The molecule has 0 radical (unpaired) electrons. The van der Waals surface area contributed by atoms with Crippen LogP contribution in [0.1, 0.15) is 47.0 Å². The Balaban J connectivity index is 3.22. The first-order valence-corrected chi connectivity index (χ1v) is 7.66. The third-order valence-corrected chi connectivity index (χ3v) is 3.60. The fourth-order valence-electron chi connectivity index (χ4n) is 2.44. The highest BCUT2D eigenvalue weighted by atomic mass is 16.6. The molecular formula is C18H24O5. The molecule has 0 N–H and O–H groups in total. The smallest absolute Gasteiger partial charge is 0.322 e. The maximum Gasteiger partial charge on any atom is 0.322 e. The minimum absolute atomic E-state index is 0.0310. The molecule has 5 heteroatoms. The molecule has 1 aliphatic carbocycles. The van der Waals surface area contributed by atoms with E-state index in [1.165, 1.54) is 13.2 Å². The summed E-state index contributed by atoms with van der Waals surface area (Å²) in [6, 6.07) is 0. The minimum Gasteiger partial charge on any atom is -0.469 e. The van der Waals surface area contributed by atoms with Crippen LogP contribution in [0.15, 0.2) is 12.2 Å². The van der Waals surface area contributed by atoms with Crippen LogP contribution >= 0.6 is 0 Å². The highest BCUT2D eigenvalue weighted by molar-refractivity contribution is 6.12. The lowest BCUT2D eigenvalue weighted by atomic mass is 9.72. The van der Waals surface area contributed by atoms with Gasteiger partial charge in [0.25, 0.3) is 0 Å². The summed E-state index contributed by atoms with van der Waals surface area (Å²) in [5.41, 5.74) is -2.20. The van der Waals surface area contributed by atoms with Gasteiger partial charge in [0.2, 0.25) is 0 Å². The summed E-state index contributed by atoms with van der Waals surface area (Å²) in [5, 5.41) is 0. The molecule has 0 aromatic rings. The molecular weight excluding hydrogens is 296 g/mol. The van der Waals surface area contributed by atoms with E-state index in [1.54, 1.807) is 26.8 Å². The van der Waals surface area contributed by atoms with Crippen LogP contribution in [0.5, 0.6) is 0 Å². The number of carbonyl (C=O) groups excluding carboxylic acids is 3. The van der Waals surface area contributed by atoms with Crippen LogP contribution < -0.4 is 0 Å². The summed E-state index contributed by atoms with van der Waals surface area (Å²) in [5.74, 6) is 3.65. The van der Waals surface area contributed by atoms with Gasteiger partial charge in [-0.15, -0.1) is 11.8 Å². The van der Waals surface area contributed by atoms with E-state index in [0.717, 1.165) is 0 Å². The fourth-order valence-corrected chi connectivity index (χ4v) is 2.44. The van der Waals surface area contributed by atoms with Crippen molar-refractivity contribution in [2.24, 2.45) is 11.3 Å². The van der Waals surface area contributed by atoms with Crippen molar-refractivity contribution in [3.63, 3.8) is 0 Å². The number of ether oxygens (including phenoxy) is 2. The van der Waals surface area contributed by atoms with E-state index in [2.05, 4.69) is 16.6 Å². The first kappa shape index (κ1) is 19.0. The van der Waals surface area contributed by atoms with E-state index in [4.69, 9.17) is 4.74 Å². The van der Waals surface area contributed by atoms with E-state index in [0.29, 0.717) is 6.42 Å². The fraction of sp³-hybridized carbons (Fsp3) is 0.611. The van der Waals surface area contributed by atoms with Gasteiger partial charge in [0, 0.05) is 18.8 Å². The third kappa shape index (κ3) is 4.44. The second kappa shape index (κ2) is 7.45. The average molecular weight is 320 g/mol. The Kier molecular flexibility index (Phi) is 6.14. The standard InChI is InChI=1S/C18H24O5/c1-6-7-8-11-18(16(21)23-17(2,3)4)13(9-10-14(18)19)12-15(20)22-5/h9-10,13H,6,11-12H2,1-5H3. The van der Waals surface area contributed by atoms with Gasteiger partial charge in [0.15, 0.2) is 5.78 Å². The summed E-state index contributed by atoms with van der Waals surface area (Å²) in [6.45, 7) is 7.09. The van der Waals surface area contributed by atoms with Crippen molar-refractivity contribution in [1.29, 1.82) is 0 Å². The van der Waals surface area contributed by atoms with Crippen LogP contribution in [-0.4, -0.2) is 30.4 Å². The van der Waals surface area contributed by atoms with Crippen molar-refractivity contribution in [1.82, 2.24) is 0 Å². The minimum atomic E-state index is -1.47. The molecule has 0 bridgehead atoms. The van der Waals surface area contributed by atoms with Gasteiger partial charge in [0.05, 0.1) is 13.5 Å². The molecule has 0 fully saturated rings. The van der Waals surface area contributed by atoms with E-state index < -0.39 is 28.9 Å². The number of methoxy groups -OCH3 is 1. The molecule has 2 unspecified atom stereocenters. The van der Waals surface area contributed by atoms with Crippen LogP contribution in [0.4, 0.5) is 0 Å². The van der Waals surface area contributed by atoms with E-state index in [-0.39, 0.29) is 18.6 Å². The number of hydrogen-bond acceptors (Lipinski definition) is 5. The summed E-state index contributed by atoms with van der Waals surface area (Å²) < 4.78 is 10.1.